The molecule has 9 heteroatoms. The van der Waals surface area contributed by atoms with E-state index in [2.05, 4.69) is 32.7 Å². The summed E-state index contributed by atoms with van der Waals surface area (Å²) in [5, 5.41) is 15.4. The number of nitrogens with one attached hydrogen (secondary N) is 2. The van der Waals surface area contributed by atoms with Gasteiger partial charge in [0.2, 0.25) is 0 Å². The molecule has 2 aliphatic rings. The molecule has 2 N–H and O–H groups in total. The Morgan fingerprint density at radius 1 is 1.21 bits per heavy atom. The molecule has 0 radical (unpaired) electrons. The van der Waals surface area contributed by atoms with Crippen molar-refractivity contribution in [2.24, 2.45) is 17.5 Å². The quantitative estimate of drug-likeness (QED) is 0.318. The van der Waals surface area contributed by atoms with Gasteiger partial charge in [0, 0.05) is 39.8 Å². The van der Waals surface area contributed by atoms with Crippen molar-refractivity contribution in [2.75, 3.05) is 45.9 Å². The lowest BCUT2D eigenvalue weighted by Crippen LogP contribution is -2.48. The molecule has 2 fully saturated rings. The number of nitrogens with zero attached hydrogens (tertiary/aromatic N) is 5. The maximum absolute atomic E-state index is 5.42. The largest absolute Gasteiger partial charge is 0.379 e. The summed E-state index contributed by atoms with van der Waals surface area (Å²) in [4.78, 5) is 7.20. The van der Waals surface area contributed by atoms with Crippen molar-refractivity contribution in [3.63, 3.8) is 0 Å². The molecule has 1 saturated heterocycles. The summed E-state index contributed by atoms with van der Waals surface area (Å²) >= 11 is 0. The molecule has 3 rings (SSSR count). The Labute approximate surface area is 185 Å². The molecule has 0 bridgehead atoms. The monoisotopic (exact) mass is 505 g/mol. The Hall–Kier alpha value is -0.940. The summed E-state index contributed by atoms with van der Waals surface area (Å²) < 4.78 is 7.42. The third kappa shape index (κ3) is 6.28. The second kappa shape index (κ2) is 11.3. The molecule has 28 heavy (non-hydrogen) atoms. The van der Waals surface area contributed by atoms with Crippen LogP contribution in [-0.4, -0.2) is 71.6 Å². The summed E-state index contributed by atoms with van der Waals surface area (Å²) in [7, 11) is 1.99. The lowest BCUT2D eigenvalue weighted by atomic mass is 9.67. The molecule has 0 amide bonds. The van der Waals surface area contributed by atoms with E-state index in [-0.39, 0.29) is 24.0 Å². The third-order valence-electron chi connectivity index (χ3n) is 6.18. The standard InChI is InChI=1S/C19H35N7O.HI/c1-4-19(6-5-7-19)15-22-18(20-8-9-26-10-12-27-13-11-26)21-14-17-24-23-16(2)25(17)3;/h4-15H2,1-3H3,(H2,20,21,22);1H. The normalized spacial score (nSPS) is 19.6. The van der Waals surface area contributed by atoms with Crippen LogP contribution < -0.4 is 10.6 Å². The van der Waals surface area contributed by atoms with Gasteiger partial charge in [-0.2, -0.15) is 0 Å². The molecule has 2 heterocycles. The van der Waals surface area contributed by atoms with E-state index in [1.807, 2.05) is 18.5 Å². The lowest BCUT2D eigenvalue weighted by Gasteiger charge is -2.41. The first-order chi connectivity index (χ1) is 13.1. The fourth-order valence-corrected chi connectivity index (χ4v) is 3.67. The number of hydrogen-bond donors (Lipinski definition) is 2. The van der Waals surface area contributed by atoms with Gasteiger partial charge in [0.15, 0.2) is 11.8 Å². The first-order valence-electron chi connectivity index (χ1n) is 10.3. The van der Waals surface area contributed by atoms with Crippen molar-refractivity contribution in [2.45, 2.75) is 46.1 Å². The maximum Gasteiger partial charge on any atom is 0.191 e. The molecule has 1 saturated carbocycles. The van der Waals surface area contributed by atoms with Crippen LogP contribution in [0.1, 0.15) is 44.3 Å². The second-order valence-corrected chi connectivity index (χ2v) is 7.83. The molecule has 1 aromatic heterocycles. The second-order valence-electron chi connectivity index (χ2n) is 7.83. The molecule has 1 aromatic rings. The SMILES string of the molecule is CCC1(CNC(=NCc2nnc(C)n2C)NCCN2CCOCC2)CCC1.I. The van der Waals surface area contributed by atoms with Gasteiger partial charge >= 0.3 is 0 Å². The molecule has 1 aliphatic carbocycles. The van der Waals surface area contributed by atoms with Gasteiger partial charge < -0.3 is 19.9 Å². The summed E-state index contributed by atoms with van der Waals surface area (Å²) in [5.41, 5.74) is 0.452. The Morgan fingerprint density at radius 2 is 1.96 bits per heavy atom. The van der Waals surface area contributed by atoms with Crippen LogP contribution in [0.3, 0.4) is 0 Å². The number of halogens is 1. The van der Waals surface area contributed by atoms with Gasteiger partial charge in [0.1, 0.15) is 12.4 Å². The van der Waals surface area contributed by atoms with Crippen molar-refractivity contribution in [3.05, 3.63) is 11.6 Å². The minimum Gasteiger partial charge on any atom is -0.379 e. The highest BCUT2D eigenvalue weighted by molar-refractivity contribution is 14.0. The summed E-state index contributed by atoms with van der Waals surface area (Å²) in [6, 6.07) is 0. The van der Waals surface area contributed by atoms with E-state index in [0.29, 0.717) is 12.0 Å². The van der Waals surface area contributed by atoms with Crippen molar-refractivity contribution in [1.82, 2.24) is 30.3 Å². The number of ether oxygens (including phenoxy) is 1. The van der Waals surface area contributed by atoms with Crippen LogP contribution in [0, 0.1) is 12.3 Å². The van der Waals surface area contributed by atoms with Crippen LogP contribution >= 0.6 is 24.0 Å². The van der Waals surface area contributed by atoms with Gasteiger partial charge in [-0.15, -0.1) is 34.2 Å². The minimum absolute atomic E-state index is 0. The van der Waals surface area contributed by atoms with Gasteiger partial charge in [-0.25, -0.2) is 4.99 Å². The molecular formula is C19H36IN7O. The van der Waals surface area contributed by atoms with E-state index in [1.165, 1.54) is 25.7 Å². The van der Waals surface area contributed by atoms with Crippen LogP contribution in [0.4, 0.5) is 0 Å². The third-order valence-corrected chi connectivity index (χ3v) is 6.18. The predicted octanol–water partition coefficient (Wildman–Crippen LogP) is 1.69. The topological polar surface area (TPSA) is 79.6 Å². The van der Waals surface area contributed by atoms with E-state index < -0.39 is 0 Å². The zero-order chi connectivity index (χ0) is 19.1. The van der Waals surface area contributed by atoms with Gasteiger partial charge in [-0.1, -0.05) is 13.3 Å². The number of aliphatic imine (C=N–C) groups is 1. The summed E-state index contributed by atoms with van der Waals surface area (Å²) in [6.07, 6.45) is 5.22. The van der Waals surface area contributed by atoms with Gasteiger partial charge in [-0.3, -0.25) is 4.90 Å². The van der Waals surface area contributed by atoms with E-state index in [1.54, 1.807) is 0 Å². The average Bonchev–Trinajstić information content (AvgIpc) is 2.98. The number of aryl methyl sites for hydroxylation is 1. The lowest BCUT2D eigenvalue weighted by molar-refractivity contribution is 0.0389. The molecule has 0 spiro atoms. The Bertz CT molecular complexity index is 618. The van der Waals surface area contributed by atoms with Crippen molar-refractivity contribution in [1.29, 1.82) is 0 Å². The Morgan fingerprint density at radius 3 is 2.54 bits per heavy atom. The number of hydrogen-bond acceptors (Lipinski definition) is 5. The van der Waals surface area contributed by atoms with Crippen LogP contribution in [0.25, 0.3) is 0 Å². The smallest absolute Gasteiger partial charge is 0.191 e. The van der Waals surface area contributed by atoms with E-state index in [0.717, 1.165) is 63.5 Å². The zero-order valence-electron chi connectivity index (χ0n) is 17.5. The highest BCUT2D eigenvalue weighted by Gasteiger charge is 2.34. The van der Waals surface area contributed by atoms with Crippen molar-refractivity contribution in [3.8, 4) is 0 Å². The van der Waals surface area contributed by atoms with Gasteiger partial charge in [0.05, 0.1) is 13.2 Å². The van der Waals surface area contributed by atoms with Crippen LogP contribution in [0.5, 0.6) is 0 Å². The van der Waals surface area contributed by atoms with Crippen LogP contribution in [0.2, 0.25) is 0 Å². The maximum atomic E-state index is 5.42. The summed E-state index contributed by atoms with van der Waals surface area (Å²) in [5.74, 6) is 2.67. The average molecular weight is 505 g/mol. The first-order valence-corrected chi connectivity index (χ1v) is 10.3. The van der Waals surface area contributed by atoms with E-state index in [9.17, 15) is 0 Å². The van der Waals surface area contributed by atoms with Crippen molar-refractivity contribution < 1.29 is 4.74 Å². The molecule has 0 unspecified atom stereocenters. The number of rotatable bonds is 8. The van der Waals surface area contributed by atoms with Crippen LogP contribution in [-0.2, 0) is 18.3 Å². The van der Waals surface area contributed by atoms with Crippen molar-refractivity contribution >= 4 is 29.9 Å². The molecule has 0 aromatic carbocycles. The molecule has 0 atom stereocenters. The Balaban J connectivity index is 0.00000280. The van der Waals surface area contributed by atoms with Crippen LogP contribution in [0.15, 0.2) is 4.99 Å². The summed E-state index contributed by atoms with van der Waals surface area (Å²) in [6.45, 7) is 11.4. The zero-order valence-corrected chi connectivity index (χ0v) is 19.9. The van der Waals surface area contributed by atoms with E-state index in [4.69, 9.17) is 9.73 Å². The fraction of sp³-hybridized carbons (Fsp3) is 0.842. The fourth-order valence-electron chi connectivity index (χ4n) is 3.67. The number of morpholine rings is 1. The number of guanidine groups is 1. The first kappa shape index (κ1) is 23.3. The molecule has 1 aliphatic heterocycles. The highest BCUT2D eigenvalue weighted by Crippen LogP contribution is 2.42. The van der Waals surface area contributed by atoms with Gasteiger partial charge in [0.25, 0.3) is 0 Å². The predicted molar refractivity (Wildman–Crippen MR) is 122 cm³/mol. The van der Waals surface area contributed by atoms with E-state index >= 15 is 0 Å². The molecule has 160 valence electrons. The van der Waals surface area contributed by atoms with Gasteiger partial charge in [-0.05, 0) is 31.6 Å². The molecular weight excluding hydrogens is 469 g/mol. The molecule has 8 nitrogen and oxygen atoms in total. The minimum atomic E-state index is 0. The Kier molecular flexibility index (Phi) is 9.42. The highest BCUT2D eigenvalue weighted by atomic mass is 127. The number of aromatic nitrogens is 3.